The van der Waals surface area contributed by atoms with Crippen molar-refractivity contribution in [2.24, 2.45) is 0 Å². The Morgan fingerprint density at radius 3 is 1.70 bits per heavy atom. The zero-order valence-corrected chi connectivity index (χ0v) is 18.1. The van der Waals surface area contributed by atoms with E-state index in [1.807, 2.05) is 0 Å². The first-order valence-corrected chi connectivity index (χ1v) is 12.1. The van der Waals surface area contributed by atoms with E-state index in [-0.39, 0.29) is 11.8 Å². The van der Waals surface area contributed by atoms with Crippen LogP contribution in [0.5, 0.6) is 0 Å². The van der Waals surface area contributed by atoms with Crippen LogP contribution in [-0.2, 0) is 9.59 Å². The summed E-state index contributed by atoms with van der Waals surface area (Å²) in [5.74, 6) is 0.120. The van der Waals surface area contributed by atoms with E-state index >= 15 is 0 Å². The monoisotopic (exact) mass is 379 g/mol. The average molecular weight is 380 g/mol. The first-order valence-electron chi connectivity index (χ1n) is 12.1. The fourth-order valence-electron chi connectivity index (χ4n) is 4.03. The van der Waals surface area contributed by atoms with Gasteiger partial charge in [-0.3, -0.25) is 14.5 Å². The van der Waals surface area contributed by atoms with Crippen LogP contribution < -0.4 is 0 Å². The van der Waals surface area contributed by atoms with Crippen molar-refractivity contribution in [1.29, 1.82) is 0 Å². The van der Waals surface area contributed by atoms with Crippen LogP contribution in [0, 0.1) is 0 Å². The van der Waals surface area contributed by atoms with Gasteiger partial charge < -0.3 is 0 Å². The third-order valence-electron chi connectivity index (χ3n) is 5.87. The summed E-state index contributed by atoms with van der Waals surface area (Å²) in [6.07, 6.45) is 24.1. The van der Waals surface area contributed by atoms with Crippen molar-refractivity contribution in [1.82, 2.24) is 4.90 Å². The summed E-state index contributed by atoms with van der Waals surface area (Å²) >= 11 is 0. The maximum atomic E-state index is 12.2. The van der Waals surface area contributed by atoms with Gasteiger partial charge in [-0.25, -0.2) is 0 Å². The van der Waals surface area contributed by atoms with Gasteiger partial charge in [-0.2, -0.15) is 0 Å². The van der Waals surface area contributed by atoms with E-state index in [9.17, 15) is 9.59 Å². The Balaban J connectivity index is 1.83. The van der Waals surface area contributed by atoms with E-state index < -0.39 is 0 Å². The molecule has 0 bridgehead atoms. The van der Waals surface area contributed by atoms with Gasteiger partial charge in [0.05, 0.1) is 0 Å². The minimum Gasteiger partial charge on any atom is -0.283 e. The summed E-state index contributed by atoms with van der Waals surface area (Å²) in [4.78, 5) is 25.6. The van der Waals surface area contributed by atoms with Gasteiger partial charge in [0.1, 0.15) is 0 Å². The van der Waals surface area contributed by atoms with Crippen LogP contribution in [0.25, 0.3) is 0 Å². The number of hydrogen-bond donors (Lipinski definition) is 0. The molecule has 1 rings (SSSR count). The molecule has 0 N–H and O–H groups in total. The van der Waals surface area contributed by atoms with E-state index in [2.05, 4.69) is 6.92 Å². The molecule has 0 aromatic rings. The second-order valence-electron chi connectivity index (χ2n) is 8.45. The van der Waals surface area contributed by atoms with Crippen molar-refractivity contribution in [3.63, 3.8) is 0 Å². The lowest BCUT2D eigenvalue weighted by atomic mass is 10.0. The lowest BCUT2D eigenvalue weighted by Gasteiger charge is -2.18. The molecule has 0 radical (unpaired) electrons. The van der Waals surface area contributed by atoms with E-state index in [0.29, 0.717) is 19.4 Å². The van der Waals surface area contributed by atoms with Gasteiger partial charge in [-0.1, -0.05) is 103 Å². The summed E-state index contributed by atoms with van der Waals surface area (Å²) in [5, 5.41) is 0. The predicted molar refractivity (Wildman–Crippen MR) is 115 cm³/mol. The van der Waals surface area contributed by atoms with Gasteiger partial charge in [-0.15, -0.1) is 0 Å². The van der Waals surface area contributed by atoms with Crippen LogP contribution in [0.15, 0.2) is 0 Å². The molecule has 3 heteroatoms. The number of unbranched alkanes of at least 4 members (excludes halogenated alkanes) is 14. The molecule has 0 aliphatic carbocycles. The van der Waals surface area contributed by atoms with Gasteiger partial charge in [0.2, 0.25) is 11.8 Å². The number of carbonyl (C=O) groups excluding carboxylic acids is 2. The van der Waals surface area contributed by atoms with Crippen LogP contribution >= 0.6 is 0 Å². The summed E-state index contributed by atoms with van der Waals surface area (Å²) < 4.78 is 0. The first-order chi connectivity index (χ1) is 13.3. The third-order valence-corrected chi connectivity index (χ3v) is 5.87. The quantitative estimate of drug-likeness (QED) is 0.266. The Labute approximate surface area is 168 Å². The fraction of sp³-hybridized carbons (Fsp3) is 0.917. The van der Waals surface area contributed by atoms with Gasteiger partial charge in [-0.05, 0) is 19.3 Å². The molecule has 158 valence electrons. The third kappa shape index (κ3) is 13.0. The van der Waals surface area contributed by atoms with Crippen LogP contribution in [0.4, 0.5) is 0 Å². The molecule has 1 saturated heterocycles. The number of rotatable bonds is 16. The number of hydrogen-bond acceptors (Lipinski definition) is 2. The molecular formula is C24H45NO2. The molecule has 0 atom stereocenters. The predicted octanol–water partition coefficient (Wildman–Crippen LogP) is 7.18. The largest absolute Gasteiger partial charge is 0.283 e. The topological polar surface area (TPSA) is 37.4 Å². The molecule has 0 aromatic carbocycles. The molecule has 0 saturated carbocycles. The highest BCUT2D eigenvalue weighted by atomic mass is 16.2. The number of amides is 2. The molecule has 1 aliphatic rings. The Bertz CT molecular complexity index is 381. The molecule has 2 amide bonds. The molecular weight excluding hydrogens is 334 g/mol. The van der Waals surface area contributed by atoms with Crippen molar-refractivity contribution in [2.75, 3.05) is 6.54 Å². The molecule has 1 fully saturated rings. The second-order valence-corrected chi connectivity index (χ2v) is 8.45. The molecule has 0 aromatic heterocycles. The number of carbonyl (C=O) groups is 2. The molecule has 27 heavy (non-hydrogen) atoms. The number of imide groups is 1. The van der Waals surface area contributed by atoms with Gasteiger partial charge in [0.15, 0.2) is 0 Å². The zero-order chi connectivity index (χ0) is 19.6. The van der Waals surface area contributed by atoms with Crippen molar-refractivity contribution >= 4 is 11.8 Å². The maximum Gasteiger partial charge on any atom is 0.229 e. The van der Waals surface area contributed by atoms with E-state index in [1.165, 1.54) is 88.4 Å². The Morgan fingerprint density at radius 2 is 1.19 bits per heavy atom. The lowest BCUT2D eigenvalue weighted by Crippen LogP contribution is -2.36. The van der Waals surface area contributed by atoms with E-state index in [0.717, 1.165) is 32.1 Å². The van der Waals surface area contributed by atoms with Crippen molar-refractivity contribution < 1.29 is 9.59 Å². The maximum absolute atomic E-state index is 12.2. The number of nitrogens with zero attached hydrogens (tertiary/aromatic N) is 1. The fourth-order valence-corrected chi connectivity index (χ4v) is 4.03. The molecule has 1 aliphatic heterocycles. The summed E-state index contributed by atoms with van der Waals surface area (Å²) in [7, 11) is 0. The van der Waals surface area contributed by atoms with E-state index in [4.69, 9.17) is 0 Å². The Kier molecular flexibility index (Phi) is 15.4. The smallest absolute Gasteiger partial charge is 0.229 e. The Hall–Kier alpha value is -0.860. The summed E-state index contributed by atoms with van der Waals surface area (Å²) in [6.45, 7) is 2.93. The van der Waals surface area contributed by atoms with Crippen molar-refractivity contribution in [2.45, 2.75) is 135 Å². The minimum atomic E-state index is 0.0541. The first kappa shape index (κ1) is 24.2. The zero-order valence-electron chi connectivity index (χ0n) is 18.1. The minimum absolute atomic E-state index is 0.0541. The SMILES string of the molecule is CCCCCCCCCCCCCCCCCC(=O)N1CCCCCC1=O. The highest BCUT2D eigenvalue weighted by molar-refractivity contribution is 5.95. The summed E-state index contributed by atoms with van der Waals surface area (Å²) in [5.41, 5.74) is 0. The standard InChI is InChI=1S/C24H45NO2/c1-2-3-4-5-6-7-8-9-10-11-12-13-14-15-17-20-23(26)25-22-19-16-18-21-24(25)27/h2-22H2,1H3. The van der Waals surface area contributed by atoms with Crippen molar-refractivity contribution in [3.8, 4) is 0 Å². The second kappa shape index (κ2) is 17.3. The van der Waals surface area contributed by atoms with Crippen molar-refractivity contribution in [3.05, 3.63) is 0 Å². The summed E-state index contributed by atoms with van der Waals surface area (Å²) in [6, 6.07) is 0. The molecule has 3 nitrogen and oxygen atoms in total. The van der Waals surface area contributed by atoms with Gasteiger partial charge in [0, 0.05) is 19.4 Å². The number of likely N-dealkylation sites (tertiary alicyclic amines) is 1. The van der Waals surface area contributed by atoms with Gasteiger partial charge in [0.25, 0.3) is 0 Å². The normalized spacial score (nSPS) is 15.1. The highest BCUT2D eigenvalue weighted by Gasteiger charge is 2.22. The molecule has 0 spiro atoms. The Morgan fingerprint density at radius 1 is 0.704 bits per heavy atom. The van der Waals surface area contributed by atoms with Crippen LogP contribution in [0.2, 0.25) is 0 Å². The average Bonchev–Trinajstić information content (AvgIpc) is 2.89. The molecule has 0 unspecified atom stereocenters. The van der Waals surface area contributed by atoms with Crippen LogP contribution in [0.1, 0.15) is 135 Å². The highest BCUT2D eigenvalue weighted by Crippen LogP contribution is 2.16. The van der Waals surface area contributed by atoms with E-state index in [1.54, 1.807) is 0 Å². The molecule has 1 heterocycles. The van der Waals surface area contributed by atoms with Gasteiger partial charge >= 0.3 is 0 Å². The lowest BCUT2D eigenvalue weighted by molar-refractivity contribution is -0.144. The van der Waals surface area contributed by atoms with Crippen LogP contribution in [0.3, 0.4) is 0 Å². The van der Waals surface area contributed by atoms with Crippen LogP contribution in [-0.4, -0.2) is 23.3 Å².